The van der Waals surface area contributed by atoms with Crippen LogP contribution in [0.1, 0.15) is 46.6 Å². The van der Waals surface area contributed by atoms with Crippen LogP contribution in [0, 0.1) is 13.8 Å². The summed E-state index contributed by atoms with van der Waals surface area (Å²) in [6, 6.07) is 0. The molecule has 6 heteroatoms. The first-order chi connectivity index (χ1) is 8.91. The van der Waals surface area contributed by atoms with Gasteiger partial charge in [-0.2, -0.15) is 8.78 Å². The van der Waals surface area contributed by atoms with E-state index in [2.05, 4.69) is 4.98 Å². The number of rotatable bonds is 6. The summed E-state index contributed by atoms with van der Waals surface area (Å²) < 4.78 is 29.3. The molecule has 1 aromatic rings. The lowest BCUT2D eigenvalue weighted by Gasteiger charge is -2.04. The molecule has 3 nitrogen and oxygen atoms in total. The molecule has 0 spiro atoms. The molecule has 0 fully saturated rings. The largest absolute Gasteiger partial charge is 0.461 e. The average Bonchev–Trinajstić information content (AvgIpc) is 2.67. The minimum Gasteiger partial charge on any atom is -0.461 e. The fraction of sp³-hybridized carbons (Fsp3) is 0.538. The second kappa shape index (κ2) is 7.33. The number of hydrogen-bond acceptors (Lipinski definition) is 4. The van der Waals surface area contributed by atoms with Gasteiger partial charge in [0.1, 0.15) is 4.88 Å². The molecule has 1 heterocycles. The monoisotopic (exact) mass is 289 g/mol. The quantitative estimate of drug-likeness (QED) is 0.580. The number of thiazole rings is 1. The summed E-state index contributed by atoms with van der Waals surface area (Å²) in [7, 11) is 0. The topological polar surface area (TPSA) is 39.2 Å². The van der Waals surface area contributed by atoms with E-state index in [0.717, 1.165) is 5.01 Å². The van der Waals surface area contributed by atoms with Crippen molar-refractivity contribution in [3.05, 3.63) is 27.2 Å². The molecule has 0 aliphatic rings. The lowest BCUT2D eigenvalue weighted by Crippen LogP contribution is -2.06. The predicted molar refractivity (Wildman–Crippen MR) is 70.6 cm³/mol. The van der Waals surface area contributed by atoms with Crippen molar-refractivity contribution in [2.75, 3.05) is 6.61 Å². The normalized spacial score (nSPS) is 10.4. The smallest absolute Gasteiger partial charge is 0.350 e. The summed E-state index contributed by atoms with van der Waals surface area (Å²) >= 11 is 1.30. The van der Waals surface area contributed by atoms with Crippen molar-refractivity contribution in [3.8, 4) is 0 Å². The van der Waals surface area contributed by atoms with Gasteiger partial charge in [0, 0.05) is 0 Å². The zero-order chi connectivity index (χ0) is 14.4. The maximum absolute atomic E-state index is 12.1. The van der Waals surface area contributed by atoms with Crippen LogP contribution in [0.15, 0.2) is 11.7 Å². The molecule has 0 aliphatic carbocycles. The first-order valence-electron chi connectivity index (χ1n) is 6.03. The third-order valence-corrected chi connectivity index (χ3v) is 3.64. The van der Waals surface area contributed by atoms with Gasteiger partial charge >= 0.3 is 5.97 Å². The number of esters is 1. The molecule has 0 N–H and O–H groups in total. The minimum absolute atomic E-state index is 0.0975. The van der Waals surface area contributed by atoms with Crippen molar-refractivity contribution in [2.45, 2.75) is 40.0 Å². The fourth-order valence-electron chi connectivity index (χ4n) is 1.54. The molecule has 0 saturated heterocycles. The standard InChI is InChI=1S/C13H17F2NO2S/c1-8(12(14)15)6-4-5-7-18-13(17)11-9(2)16-10(3)19-11/h4-7H2,1-3H3. The Morgan fingerprint density at radius 2 is 2.00 bits per heavy atom. The second-order valence-electron chi connectivity index (χ2n) is 4.28. The van der Waals surface area contributed by atoms with Gasteiger partial charge < -0.3 is 4.74 Å². The van der Waals surface area contributed by atoms with Crippen molar-refractivity contribution < 1.29 is 18.3 Å². The molecule has 19 heavy (non-hydrogen) atoms. The highest BCUT2D eigenvalue weighted by molar-refractivity contribution is 7.13. The Balaban J connectivity index is 2.29. The van der Waals surface area contributed by atoms with Gasteiger partial charge in [0.05, 0.1) is 17.3 Å². The third-order valence-electron chi connectivity index (χ3n) is 2.59. The van der Waals surface area contributed by atoms with E-state index in [1.165, 1.54) is 18.3 Å². The molecule has 0 aromatic carbocycles. The van der Waals surface area contributed by atoms with Crippen molar-refractivity contribution in [3.63, 3.8) is 0 Å². The van der Waals surface area contributed by atoms with E-state index in [1.807, 2.05) is 6.92 Å². The molecule has 0 amide bonds. The van der Waals surface area contributed by atoms with Gasteiger partial charge in [0.2, 0.25) is 0 Å². The van der Waals surface area contributed by atoms with Crippen molar-refractivity contribution in [1.82, 2.24) is 4.98 Å². The molecule has 0 radical (unpaired) electrons. The van der Waals surface area contributed by atoms with Crippen LogP contribution in [0.25, 0.3) is 0 Å². The van der Waals surface area contributed by atoms with Crippen LogP contribution in [0.3, 0.4) is 0 Å². The number of halogens is 2. The Kier molecular flexibility index (Phi) is 6.08. The number of carbonyl (C=O) groups is 1. The van der Waals surface area contributed by atoms with E-state index in [9.17, 15) is 13.6 Å². The van der Waals surface area contributed by atoms with Crippen molar-refractivity contribution in [2.24, 2.45) is 0 Å². The predicted octanol–water partition coefficient (Wildman–Crippen LogP) is 4.26. The van der Waals surface area contributed by atoms with Gasteiger partial charge in [-0.1, -0.05) is 0 Å². The summed E-state index contributed by atoms with van der Waals surface area (Å²) in [5, 5.41) is 0.823. The molecule has 0 atom stereocenters. The molecule has 0 unspecified atom stereocenters. The van der Waals surface area contributed by atoms with Crippen LogP contribution < -0.4 is 0 Å². The van der Waals surface area contributed by atoms with Gasteiger partial charge in [0.15, 0.2) is 0 Å². The number of hydrogen-bond donors (Lipinski definition) is 0. The molecule has 0 saturated carbocycles. The summed E-state index contributed by atoms with van der Waals surface area (Å²) in [5.74, 6) is -0.382. The first-order valence-corrected chi connectivity index (χ1v) is 6.85. The van der Waals surface area contributed by atoms with E-state index in [0.29, 0.717) is 29.8 Å². The molecule has 1 aromatic heterocycles. The van der Waals surface area contributed by atoms with E-state index < -0.39 is 6.08 Å². The highest BCUT2D eigenvalue weighted by Gasteiger charge is 2.14. The number of ether oxygens (including phenoxy) is 1. The fourth-order valence-corrected chi connectivity index (χ4v) is 2.35. The van der Waals surface area contributed by atoms with Crippen LogP contribution in [-0.2, 0) is 4.74 Å². The summed E-state index contributed by atoms with van der Waals surface area (Å²) in [6.07, 6.45) is -0.129. The highest BCUT2D eigenvalue weighted by atomic mass is 32.1. The van der Waals surface area contributed by atoms with Gasteiger partial charge in [-0.15, -0.1) is 11.3 Å². The number of aryl methyl sites for hydroxylation is 2. The number of unbranched alkanes of at least 4 members (excludes halogenated alkanes) is 1. The number of nitrogens with zero attached hydrogens (tertiary/aromatic N) is 1. The highest BCUT2D eigenvalue weighted by Crippen LogP contribution is 2.18. The van der Waals surface area contributed by atoms with Gasteiger partial charge in [0.25, 0.3) is 6.08 Å². The zero-order valence-corrected chi connectivity index (χ0v) is 12.1. The van der Waals surface area contributed by atoms with Gasteiger partial charge in [-0.05, 0) is 45.6 Å². The van der Waals surface area contributed by atoms with E-state index >= 15 is 0 Å². The lowest BCUT2D eigenvalue weighted by atomic mass is 10.1. The summed E-state index contributed by atoms with van der Waals surface area (Å²) in [4.78, 5) is 16.4. The zero-order valence-electron chi connectivity index (χ0n) is 11.3. The van der Waals surface area contributed by atoms with Crippen molar-refractivity contribution in [1.29, 1.82) is 0 Å². The number of allylic oxidation sites excluding steroid dienone is 1. The maximum Gasteiger partial charge on any atom is 0.350 e. The summed E-state index contributed by atoms with van der Waals surface area (Å²) in [6.45, 7) is 5.24. The van der Waals surface area contributed by atoms with Crippen LogP contribution >= 0.6 is 11.3 Å². The van der Waals surface area contributed by atoms with Crippen LogP contribution in [0.4, 0.5) is 8.78 Å². The van der Waals surface area contributed by atoms with E-state index in [-0.39, 0.29) is 18.1 Å². The van der Waals surface area contributed by atoms with E-state index in [4.69, 9.17) is 4.74 Å². The second-order valence-corrected chi connectivity index (χ2v) is 5.48. The molecule has 0 aliphatic heterocycles. The average molecular weight is 289 g/mol. The Morgan fingerprint density at radius 3 is 2.53 bits per heavy atom. The van der Waals surface area contributed by atoms with Crippen LogP contribution in [-0.4, -0.2) is 17.6 Å². The first kappa shape index (κ1) is 15.8. The van der Waals surface area contributed by atoms with Crippen LogP contribution in [0.2, 0.25) is 0 Å². The lowest BCUT2D eigenvalue weighted by molar-refractivity contribution is 0.0503. The molecule has 106 valence electrons. The van der Waals surface area contributed by atoms with E-state index in [1.54, 1.807) is 6.92 Å². The minimum atomic E-state index is -1.62. The molecule has 1 rings (SSSR count). The SMILES string of the molecule is CC(CCCCOC(=O)c1sc(C)nc1C)=C(F)F. The Hall–Kier alpha value is -1.30. The number of carbonyl (C=O) groups excluding carboxylic acids is 1. The maximum atomic E-state index is 12.1. The third kappa shape index (κ3) is 5.06. The van der Waals surface area contributed by atoms with Crippen molar-refractivity contribution >= 4 is 17.3 Å². The summed E-state index contributed by atoms with van der Waals surface area (Å²) in [5.41, 5.74) is 0.769. The molecular weight excluding hydrogens is 272 g/mol. The van der Waals surface area contributed by atoms with Gasteiger partial charge in [-0.3, -0.25) is 0 Å². The number of aromatic nitrogens is 1. The van der Waals surface area contributed by atoms with Gasteiger partial charge in [-0.25, -0.2) is 9.78 Å². The molecular formula is C13H17F2NO2S. The molecule has 0 bridgehead atoms. The Labute approximate surface area is 115 Å². The Morgan fingerprint density at radius 1 is 1.32 bits per heavy atom. The Bertz CT molecular complexity index is 479. The van der Waals surface area contributed by atoms with Crippen LogP contribution in [0.5, 0.6) is 0 Å².